The van der Waals surface area contributed by atoms with Gasteiger partial charge in [-0.2, -0.15) is 0 Å². The molecule has 0 aliphatic carbocycles. The van der Waals surface area contributed by atoms with E-state index in [0.717, 1.165) is 12.0 Å². The lowest BCUT2D eigenvalue weighted by molar-refractivity contribution is 0.00827. The summed E-state index contributed by atoms with van der Waals surface area (Å²) in [5, 5.41) is 15.9. The third-order valence-electron chi connectivity index (χ3n) is 3.55. The van der Waals surface area contributed by atoms with E-state index in [9.17, 15) is 9.90 Å². The number of carbonyl (C=O) groups excluding carboxylic acids is 1. The van der Waals surface area contributed by atoms with Gasteiger partial charge in [-0.25, -0.2) is 9.78 Å². The number of aliphatic hydroxyl groups is 1. The topological polar surface area (TPSA) is 74.2 Å². The lowest BCUT2D eigenvalue weighted by Gasteiger charge is -2.29. The number of aromatic nitrogens is 1. The van der Waals surface area contributed by atoms with Crippen molar-refractivity contribution in [3.63, 3.8) is 0 Å². The summed E-state index contributed by atoms with van der Waals surface area (Å²) in [5.74, 6) is 0.0993. The number of anilines is 1. The smallest absolute Gasteiger partial charge is 0.319 e. The number of hydrogen-bond donors (Lipinski definition) is 3. The molecule has 0 fully saturated rings. The van der Waals surface area contributed by atoms with Crippen LogP contribution < -0.4 is 10.6 Å². The van der Waals surface area contributed by atoms with Gasteiger partial charge in [-0.05, 0) is 31.4 Å². The highest BCUT2D eigenvalue weighted by Crippen LogP contribution is 2.19. The highest BCUT2D eigenvalue weighted by atomic mass is 35.5. The molecule has 1 rings (SSSR count). The van der Waals surface area contributed by atoms with Crippen molar-refractivity contribution in [3.8, 4) is 0 Å². The summed E-state index contributed by atoms with van der Waals surface area (Å²) in [7, 11) is 0. The van der Waals surface area contributed by atoms with Crippen molar-refractivity contribution in [2.75, 3.05) is 11.9 Å². The monoisotopic (exact) mass is 299 g/mol. The van der Waals surface area contributed by atoms with Crippen LogP contribution in [-0.2, 0) is 0 Å². The molecular formula is C14H22ClN3O2. The first-order valence-corrected chi connectivity index (χ1v) is 7.03. The molecule has 0 saturated carbocycles. The van der Waals surface area contributed by atoms with Crippen LogP contribution >= 0.6 is 11.6 Å². The zero-order valence-electron chi connectivity index (χ0n) is 12.3. The van der Waals surface area contributed by atoms with Crippen LogP contribution in [-0.4, -0.2) is 28.3 Å². The quantitative estimate of drug-likeness (QED) is 0.732. The first kappa shape index (κ1) is 16.7. The Morgan fingerprint density at radius 3 is 2.80 bits per heavy atom. The minimum atomic E-state index is -0.930. The fourth-order valence-corrected chi connectivity index (χ4v) is 1.78. The number of nitrogens with one attached hydrogen (secondary N) is 2. The van der Waals surface area contributed by atoms with Gasteiger partial charge in [0.1, 0.15) is 5.15 Å². The minimum absolute atomic E-state index is 0.0993. The van der Waals surface area contributed by atoms with Crippen LogP contribution in [0.5, 0.6) is 0 Å². The molecule has 2 amide bonds. The van der Waals surface area contributed by atoms with Crippen LogP contribution in [0, 0.1) is 12.8 Å². The van der Waals surface area contributed by atoms with E-state index >= 15 is 0 Å². The number of aryl methyl sites for hydroxylation is 1. The summed E-state index contributed by atoms with van der Waals surface area (Å²) < 4.78 is 0. The second-order valence-electron chi connectivity index (χ2n) is 5.31. The summed E-state index contributed by atoms with van der Waals surface area (Å²) in [6, 6.07) is 1.36. The van der Waals surface area contributed by atoms with Gasteiger partial charge < -0.3 is 15.7 Å². The van der Waals surface area contributed by atoms with Gasteiger partial charge in [-0.15, -0.1) is 0 Å². The predicted octanol–water partition coefficient (Wildman–Crippen LogP) is 2.96. The lowest BCUT2D eigenvalue weighted by Crippen LogP contribution is -2.46. The van der Waals surface area contributed by atoms with Crippen LogP contribution in [0.25, 0.3) is 0 Å². The second kappa shape index (κ2) is 6.90. The summed E-state index contributed by atoms with van der Waals surface area (Å²) in [4.78, 5) is 15.7. The maximum absolute atomic E-state index is 11.8. The summed E-state index contributed by atoms with van der Waals surface area (Å²) in [5.41, 5.74) is 0.420. The van der Waals surface area contributed by atoms with E-state index in [2.05, 4.69) is 15.6 Å². The van der Waals surface area contributed by atoms with E-state index in [-0.39, 0.29) is 18.5 Å². The Balaban J connectivity index is 2.54. The maximum atomic E-state index is 11.8. The average molecular weight is 300 g/mol. The largest absolute Gasteiger partial charge is 0.388 e. The molecule has 0 saturated heterocycles. The van der Waals surface area contributed by atoms with E-state index in [4.69, 9.17) is 11.6 Å². The number of nitrogens with zero attached hydrogens (tertiary/aromatic N) is 1. The van der Waals surface area contributed by atoms with Crippen LogP contribution in [0.3, 0.4) is 0 Å². The summed E-state index contributed by atoms with van der Waals surface area (Å²) in [6.45, 7) is 7.67. The third-order valence-corrected chi connectivity index (χ3v) is 3.95. The molecule has 0 aromatic carbocycles. The summed E-state index contributed by atoms with van der Waals surface area (Å²) in [6.07, 6.45) is 2.33. The Kier molecular flexibility index (Phi) is 5.77. The Morgan fingerprint density at radius 1 is 1.60 bits per heavy atom. The van der Waals surface area contributed by atoms with E-state index in [0.29, 0.717) is 10.8 Å². The first-order chi connectivity index (χ1) is 9.26. The van der Waals surface area contributed by atoms with Gasteiger partial charge in [-0.1, -0.05) is 31.9 Å². The molecule has 1 aromatic rings. The Bertz CT molecular complexity index is 477. The number of halogens is 1. The molecule has 1 aromatic heterocycles. The second-order valence-corrected chi connectivity index (χ2v) is 5.66. The van der Waals surface area contributed by atoms with Gasteiger partial charge in [0.05, 0.1) is 17.5 Å². The average Bonchev–Trinajstić information content (AvgIpc) is 2.40. The molecule has 0 bridgehead atoms. The number of pyridine rings is 1. The molecule has 0 spiro atoms. The molecule has 6 heteroatoms. The first-order valence-electron chi connectivity index (χ1n) is 6.65. The van der Waals surface area contributed by atoms with Crippen molar-refractivity contribution in [1.82, 2.24) is 10.3 Å². The van der Waals surface area contributed by atoms with Gasteiger partial charge in [0.25, 0.3) is 0 Å². The van der Waals surface area contributed by atoms with Crippen LogP contribution in [0.1, 0.15) is 32.8 Å². The van der Waals surface area contributed by atoms with Crippen LogP contribution in [0.2, 0.25) is 5.15 Å². The zero-order valence-corrected chi connectivity index (χ0v) is 13.1. The van der Waals surface area contributed by atoms with E-state index in [1.54, 1.807) is 13.0 Å². The number of rotatable bonds is 5. The molecule has 0 aliphatic heterocycles. The van der Waals surface area contributed by atoms with E-state index in [1.807, 2.05) is 20.8 Å². The number of hydrogen-bond acceptors (Lipinski definition) is 3. The molecule has 2 atom stereocenters. The van der Waals surface area contributed by atoms with Crippen molar-refractivity contribution < 1.29 is 9.90 Å². The Hall–Kier alpha value is -1.33. The van der Waals surface area contributed by atoms with Gasteiger partial charge >= 0.3 is 6.03 Å². The standard InChI is InChI=1S/C14H22ClN3O2/c1-5-10(3)14(4,20)8-17-13(19)18-11-6-9(2)12(15)16-7-11/h6-7,10,20H,5,8H2,1-4H3,(H2,17,18,19). The van der Waals surface area contributed by atoms with Gasteiger partial charge in [-0.3, -0.25) is 0 Å². The van der Waals surface area contributed by atoms with Gasteiger partial charge in [0.15, 0.2) is 0 Å². The molecule has 112 valence electrons. The molecule has 2 unspecified atom stereocenters. The summed E-state index contributed by atoms with van der Waals surface area (Å²) >= 11 is 5.82. The van der Waals surface area contributed by atoms with E-state index < -0.39 is 5.60 Å². The van der Waals surface area contributed by atoms with Crippen molar-refractivity contribution in [2.45, 2.75) is 39.7 Å². The fourth-order valence-electron chi connectivity index (χ4n) is 1.67. The minimum Gasteiger partial charge on any atom is -0.388 e. The number of urea groups is 1. The molecule has 5 nitrogen and oxygen atoms in total. The molecule has 0 radical (unpaired) electrons. The Labute approximate surface area is 124 Å². The lowest BCUT2D eigenvalue weighted by atomic mass is 9.89. The normalized spacial score (nSPS) is 15.3. The highest BCUT2D eigenvalue weighted by Gasteiger charge is 2.27. The van der Waals surface area contributed by atoms with Crippen molar-refractivity contribution >= 4 is 23.3 Å². The third kappa shape index (κ3) is 4.65. The highest BCUT2D eigenvalue weighted by molar-refractivity contribution is 6.30. The molecule has 3 N–H and O–H groups in total. The number of carbonyl (C=O) groups is 1. The molecule has 20 heavy (non-hydrogen) atoms. The van der Waals surface area contributed by atoms with Crippen molar-refractivity contribution in [3.05, 3.63) is 23.0 Å². The molecule has 1 heterocycles. The van der Waals surface area contributed by atoms with Gasteiger partial charge in [0.2, 0.25) is 0 Å². The predicted molar refractivity (Wildman–Crippen MR) is 81.1 cm³/mol. The zero-order chi connectivity index (χ0) is 15.3. The van der Waals surface area contributed by atoms with Crippen LogP contribution in [0.15, 0.2) is 12.3 Å². The fraction of sp³-hybridized carbons (Fsp3) is 0.571. The van der Waals surface area contributed by atoms with E-state index in [1.165, 1.54) is 6.20 Å². The maximum Gasteiger partial charge on any atom is 0.319 e. The van der Waals surface area contributed by atoms with Crippen molar-refractivity contribution in [2.24, 2.45) is 5.92 Å². The van der Waals surface area contributed by atoms with Gasteiger partial charge in [0, 0.05) is 6.54 Å². The van der Waals surface area contributed by atoms with Crippen LogP contribution in [0.4, 0.5) is 10.5 Å². The Morgan fingerprint density at radius 2 is 2.25 bits per heavy atom. The SMILES string of the molecule is CCC(C)C(C)(O)CNC(=O)Nc1cnc(Cl)c(C)c1. The van der Waals surface area contributed by atoms with Crippen molar-refractivity contribution in [1.29, 1.82) is 0 Å². The molecular weight excluding hydrogens is 278 g/mol. The molecule has 0 aliphatic rings. The number of amides is 2.